The van der Waals surface area contributed by atoms with Gasteiger partial charge in [0, 0.05) is 0 Å². The molecule has 1 aliphatic rings. The fourth-order valence-corrected chi connectivity index (χ4v) is 1.94. The average molecular weight is 262 g/mol. The Hall–Kier alpha value is -1.43. The molecule has 0 bridgehead atoms. The lowest BCUT2D eigenvalue weighted by Crippen LogP contribution is -2.25. The molecule has 6 heteroatoms. The molecule has 18 heavy (non-hydrogen) atoms. The molecule has 0 aliphatic heterocycles. The van der Waals surface area contributed by atoms with Gasteiger partial charge in [0.1, 0.15) is 17.6 Å². The fraction of sp³-hybridized carbons (Fsp3) is 0.500. The number of benzene rings is 1. The molecule has 3 nitrogen and oxygen atoms in total. The predicted octanol–water partition coefficient (Wildman–Crippen LogP) is 2.88. The summed E-state index contributed by atoms with van der Waals surface area (Å²) in [6, 6.07) is 5.16. The Morgan fingerprint density at radius 2 is 1.67 bits per heavy atom. The van der Waals surface area contributed by atoms with Crippen LogP contribution in [0.3, 0.4) is 0 Å². The summed E-state index contributed by atoms with van der Waals surface area (Å²) in [6.07, 6.45) is -3.14. The van der Waals surface area contributed by atoms with Crippen molar-refractivity contribution >= 4 is 0 Å². The smallest absolute Gasteiger partial charge is 0.488 e. The minimum Gasteiger partial charge on any atom is -0.488 e. The monoisotopic (exact) mass is 262 g/mol. The summed E-state index contributed by atoms with van der Waals surface area (Å²) in [5, 5.41) is 9.56. The molecule has 0 spiro atoms. The predicted molar refractivity (Wildman–Crippen MR) is 57.4 cm³/mol. The maximum atomic E-state index is 11.9. The Balaban J connectivity index is 1.95. The van der Waals surface area contributed by atoms with Crippen LogP contribution in [0, 0.1) is 0 Å². The van der Waals surface area contributed by atoms with E-state index in [-0.39, 0.29) is 11.9 Å². The van der Waals surface area contributed by atoms with E-state index < -0.39 is 12.5 Å². The largest absolute Gasteiger partial charge is 0.573 e. The number of halogens is 3. The third-order valence-electron chi connectivity index (χ3n) is 2.76. The molecule has 2 atom stereocenters. The van der Waals surface area contributed by atoms with E-state index in [9.17, 15) is 18.3 Å². The highest BCUT2D eigenvalue weighted by molar-refractivity contribution is 5.31. The van der Waals surface area contributed by atoms with E-state index in [0.717, 1.165) is 12.8 Å². The van der Waals surface area contributed by atoms with Gasteiger partial charge in [0.05, 0.1) is 6.10 Å². The van der Waals surface area contributed by atoms with E-state index in [2.05, 4.69) is 4.74 Å². The third kappa shape index (κ3) is 3.53. The van der Waals surface area contributed by atoms with Crippen LogP contribution < -0.4 is 9.47 Å². The van der Waals surface area contributed by atoms with Crippen molar-refractivity contribution in [1.29, 1.82) is 0 Å². The van der Waals surface area contributed by atoms with Crippen molar-refractivity contribution in [3.05, 3.63) is 24.3 Å². The molecule has 1 N–H and O–H groups in total. The van der Waals surface area contributed by atoms with E-state index in [1.807, 2.05) is 0 Å². The van der Waals surface area contributed by atoms with Gasteiger partial charge in [0.2, 0.25) is 0 Å². The second-order valence-corrected chi connectivity index (χ2v) is 4.17. The number of aliphatic hydroxyl groups is 1. The van der Waals surface area contributed by atoms with Gasteiger partial charge in [-0.05, 0) is 43.5 Å². The first-order valence-electron chi connectivity index (χ1n) is 5.64. The summed E-state index contributed by atoms with van der Waals surface area (Å²) in [5.41, 5.74) is 0. The van der Waals surface area contributed by atoms with Gasteiger partial charge >= 0.3 is 6.36 Å². The molecule has 1 aromatic rings. The van der Waals surface area contributed by atoms with Gasteiger partial charge in [-0.2, -0.15) is 0 Å². The van der Waals surface area contributed by atoms with Crippen LogP contribution in [0.1, 0.15) is 19.3 Å². The van der Waals surface area contributed by atoms with Gasteiger partial charge in [0.25, 0.3) is 0 Å². The van der Waals surface area contributed by atoms with Gasteiger partial charge in [-0.25, -0.2) is 0 Å². The van der Waals surface area contributed by atoms with Gasteiger partial charge in [0.15, 0.2) is 0 Å². The van der Waals surface area contributed by atoms with Crippen molar-refractivity contribution in [3.8, 4) is 11.5 Å². The summed E-state index contributed by atoms with van der Waals surface area (Å²) < 4.78 is 45.0. The summed E-state index contributed by atoms with van der Waals surface area (Å²) in [5.74, 6) is 0.136. The van der Waals surface area contributed by atoms with Crippen LogP contribution in [0.15, 0.2) is 24.3 Å². The Bertz CT molecular complexity index is 389. The molecule has 0 radical (unpaired) electrons. The van der Waals surface area contributed by atoms with E-state index >= 15 is 0 Å². The molecule has 2 rings (SSSR count). The first-order valence-corrected chi connectivity index (χ1v) is 5.64. The number of rotatable bonds is 3. The Morgan fingerprint density at radius 1 is 1.06 bits per heavy atom. The molecule has 1 aliphatic carbocycles. The molecule has 0 heterocycles. The molecule has 0 saturated heterocycles. The molecule has 0 unspecified atom stereocenters. The first-order chi connectivity index (χ1) is 8.44. The standard InChI is InChI=1S/C12H13F3O3/c13-12(14,15)18-9-6-4-8(5-7-9)17-11-3-1-2-10(11)16/h4-7,10-11,16H,1-3H2/t10-,11-/m1/s1. The lowest BCUT2D eigenvalue weighted by Gasteiger charge is -2.17. The van der Waals surface area contributed by atoms with Crippen LogP contribution in [-0.2, 0) is 0 Å². The Labute approximate surface area is 102 Å². The number of hydrogen-bond donors (Lipinski definition) is 1. The minimum absolute atomic E-state index is 0.278. The van der Waals surface area contributed by atoms with Crippen molar-refractivity contribution in [2.75, 3.05) is 0 Å². The van der Waals surface area contributed by atoms with E-state index in [4.69, 9.17) is 4.74 Å². The fourth-order valence-electron chi connectivity index (χ4n) is 1.94. The van der Waals surface area contributed by atoms with Crippen molar-refractivity contribution in [1.82, 2.24) is 0 Å². The van der Waals surface area contributed by atoms with Crippen LogP contribution in [-0.4, -0.2) is 23.7 Å². The molecule has 1 aromatic carbocycles. The normalized spacial score (nSPS) is 24.0. The van der Waals surface area contributed by atoms with Crippen LogP contribution in [0.5, 0.6) is 11.5 Å². The van der Waals surface area contributed by atoms with Crippen molar-refractivity contribution in [2.45, 2.75) is 37.8 Å². The Kier molecular flexibility index (Phi) is 3.65. The van der Waals surface area contributed by atoms with Crippen molar-refractivity contribution in [2.24, 2.45) is 0 Å². The lowest BCUT2D eigenvalue weighted by molar-refractivity contribution is -0.274. The zero-order valence-corrected chi connectivity index (χ0v) is 9.48. The van der Waals surface area contributed by atoms with Gasteiger partial charge in [-0.1, -0.05) is 0 Å². The van der Waals surface area contributed by atoms with Crippen LogP contribution in [0.4, 0.5) is 13.2 Å². The summed E-state index contributed by atoms with van der Waals surface area (Å²) in [6.45, 7) is 0. The second kappa shape index (κ2) is 5.06. The highest BCUT2D eigenvalue weighted by Gasteiger charge is 2.31. The lowest BCUT2D eigenvalue weighted by atomic mass is 10.2. The minimum atomic E-state index is -4.69. The van der Waals surface area contributed by atoms with Crippen LogP contribution >= 0.6 is 0 Å². The van der Waals surface area contributed by atoms with E-state index in [0.29, 0.717) is 12.2 Å². The van der Waals surface area contributed by atoms with Crippen LogP contribution in [0.2, 0.25) is 0 Å². The summed E-state index contributed by atoms with van der Waals surface area (Å²) in [7, 11) is 0. The first kappa shape index (κ1) is 13.0. The molecular formula is C12H13F3O3. The number of alkyl halides is 3. The number of hydrogen-bond acceptors (Lipinski definition) is 3. The SMILES string of the molecule is O[C@@H]1CCC[C@H]1Oc1ccc(OC(F)(F)F)cc1. The highest BCUT2D eigenvalue weighted by Crippen LogP contribution is 2.28. The number of ether oxygens (including phenoxy) is 2. The molecule has 100 valence electrons. The van der Waals surface area contributed by atoms with Gasteiger partial charge < -0.3 is 14.6 Å². The highest BCUT2D eigenvalue weighted by atomic mass is 19.4. The molecule has 1 fully saturated rings. The maximum absolute atomic E-state index is 11.9. The third-order valence-corrected chi connectivity index (χ3v) is 2.76. The summed E-state index contributed by atoms with van der Waals surface area (Å²) >= 11 is 0. The van der Waals surface area contributed by atoms with E-state index in [1.165, 1.54) is 24.3 Å². The maximum Gasteiger partial charge on any atom is 0.573 e. The molecule has 0 amide bonds. The van der Waals surface area contributed by atoms with Crippen molar-refractivity contribution in [3.63, 3.8) is 0 Å². The zero-order valence-electron chi connectivity index (χ0n) is 9.48. The van der Waals surface area contributed by atoms with E-state index in [1.54, 1.807) is 0 Å². The quantitative estimate of drug-likeness (QED) is 0.910. The summed E-state index contributed by atoms with van der Waals surface area (Å²) in [4.78, 5) is 0. The second-order valence-electron chi connectivity index (χ2n) is 4.17. The van der Waals surface area contributed by atoms with Gasteiger partial charge in [-0.15, -0.1) is 13.2 Å². The zero-order chi connectivity index (χ0) is 13.2. The topological polar surface area (TPSA) is 38.7 Å². The van der Waals surface area contributed by atoms with Crippen LogP contribution in [0.25, 0.3) is 0 Å². The Morgan fingerprint density at radius 3 is 2.17 bits per heavy atom. The molecule has 0 aromatic heterocycles. The molecule has 1 saturated carbocycles. The molecular weight excluding hydrogens is 249 g/mol. The van der Waals surface area contributed by atoms with Gasteiger partial charge in [-0.3, -0.25) is 0 Å². The average Bonchev–Trinajstić information content (AvgIpc) is 2.65. The number of aliphatic hydroxyl groups excluding tert-OH is 1. The van der Waals surface area contributed by atoms with Crippen molar-refractivity contribution < 1.29 is 27.8 Å².